The van der Waals surface area contributed by atoms with Crippen LogP contribution in [0.25, 0.3) is 0 Å². The van der Waals surface area contributed by atoms with E-state index in [1.807, 2.05) is 0 Å². The lowest BCUT2D eigenvalue weighted by atomic mass is 9.48. The first-order chi connectivity index (χ1) is 14.0. The smallest absolute Gasteiger partial charge is 0.335 e. The van der Waals surface area contributed by atoms with E-state index in [1.54, 1.807) is 0 Å². The van der Waals surface area contributed by atoms with E-state index in [1.165, 1.54) is 13.5 Å². The molecular formula is C23H36O7. The summed E-state index contributed by atoms with van der Waals surface area (Å²) in [5.41, 5.74) is 1.28. The molecule has 0 saturated heterocycles. The summed E-state index contributed by atoms with van der Waals surface area (Å²) in [4.78, 5) is 35.9. The van der Waals surface area contributed by atoms with Gasteiger partial charge in [0.1, 0.15) is 5.92 Å². The first-order valence-corrected chi connectivity index (χ1v) is 10.6. The lowest BCUT2D eigenvalue weighted by molar-refractivity contribution is -0.173. The molecule has 0 aliphatic heterocycles. The van der Waals surface area contributed by atoms with Gasteiger partial charge in [0.2, 0.25) is 0 Å². The maximum Gasteiger partial charge on any atom is 0.335 e. The molecule has 170 valence electrons. The number of carboxylic acids is 1. The van der Waals surface area contributed by atoms with Gasteiger partial charge >= 0.3 is 17.9 Å². The lowest BCUT2D eigenvalue weighted by Gasteiger charge is -2.58. The highest BCUT2D eigenvalue weighted by molar-refractivity contribution is 5.86. The van der Waals surface area contributed by atoms with Crippen LogP contribution < -0.4 is 0 Å². The quantitative estimate of drug-likeness (QED) is 0.469. The summed E-state index contributed by atoms with van der Waals surface area (Å²) in [6.07, 6.45) is 3.42. The van der Waals surface area contributed by atoms with Gasteiger partial charge in [-0.25, -0.2) is 4.79 Å². The summed E-state index contributed by atoms with van der Waals surface area (Å²) in [7, 11) is 2.35. The Balaban J connectivity index is 2.28. The van der Waals surface area contributed by atoms with E-state index in [2.05, 4.69) is 27.4 Å². The molecule has 30 heavy (non-hydrogen) atoms. The van der Waals surface area contributed by atoms with Gasteiger partial charge in [0.05, 0.1) is 27.2 Å². The third-order valence-corrected chi connectivity index (χ3v) is 7.46. The van der Waals surface area contributed by atoms with Crippen LogP contribution in [0, 0.1) is 28.6 Å². The van der Waals surface area contributed by atoms with Gasteiger partial charge in [0.15, 0.2) is 6.10 Å². The Hall–Kier alpha value is -1.89. The largest absolute Gasteiger partial charge is 0.481 e. The summed E-state index contributed by atoms with van der Waals surface area (Å²) in [6.45, 7) is 11.4. The maximum atomic E-state index is 12.4. The molecule has 2 rings (SSSR count). The third-order valence-electron chi connectivity index (χ3n) is 7.46. The van der Waals surface area contributed by atoms with E-state index < -0.39 is 36.4 Å². The standard InChI is InChI=1S/C23H36O7/c1-14-8-9-17-22(2,3)10-7-11-23(17,4)16(14)13-30-19(21(27)29-6)15(12-18(24)25)20(26)28-5/h15-17,19H,1,7-13H2,2-6H3,(H,24,25)/t15-,16-,17-,19-,23+/m0/s1. The summed E-state index contributed by atoms with van der Waals surface area (Å²) in [5.74, 6) is -3.55. The number of carboxylic acid groups (broad SMARTS) is 1. The molecule has 2 aliphatic carbocycles. The number of hydrogen-bond donors (Lipinski definition) is 1. The highest BCUT2D eigenvalue weighted by Gasteiger charge is 2.53. The Bertz CT molecular complexity index is 683. The van der Waals surface area contributed by atoms with E-state index in [9.17, 15) is 19.5 Å². The van der Waals surface area contributed by atoms with Crippen LogP contribution in [0.1, 0.15) is 59.3 Å². The van der Waals surface area contributed by atoms with Gasteiger partial charge in [-0.15, -0.1) is 0 Å². The maximum absolute atomic E-state index is 12.4. The van der Waals surface area contributed by atoms with Crippen LogP contribution in [0.2, 0.25) is 0 Å². The van der Waals surface area contributed by atoms with Gasteiger partial charge in [-0.05, 0) is 42.4 Å². The van der Waals surface area contributed by atoms with Gasteiger partial charge in [0.25, 0.3) is 0 Å². The van der Waals surface area contributed by atoms with E-state index in [-0.39, 0.29) is 23.4 Å². The van der Waals surface area contributed by atoms with Crippen LogP contribution in [0.3, 0.4) is 0 Å². The normalized spacial score (nSPS) is 30.0. The molecule has 0 aromatic heterocycles. The van der Waals surface area contributed by atoms with Gasteiger partial charge < -0.3 is 19.3 Å². The predicted octanol–water partition coefficient (Wildman–Crippen LogP) is 3.61. The number of esters is 2. The van der Waals surface area contributed by atoms with Gasteiger partial charge in [-0.3, -0.25) is 9.59 Å². The van der Waals surface area contributed by atoms with E-state index in [4.69, 9.17) is 14.2 Å². The fourth-order valence-electron chi connectivity index (χ4n) is 5.90. The van der Waals surface area contributed by atoms with Gasteiger partial charge in [0, 0.05) is 5.92 Å². The molecule has 1 N–H and O–H groups in total. The van der Waals surface area contributed by atoms with Crippen LogP contribution in [-0.4, -0.2) is 49.9 Å². The van der Waals surface area contributed by atoms with E-state index in [0.717, 1.165) is 38.4 Å². The fourth-order valence-corrected chi connectivity index (χ4v) is 5.90. The van der Waals surface area contributed by atoms with Crippen molar-refractivity contribution in [1.82, 2.24) is 0 Å². The average Bonchev–Trinajstić information content (AvgIpc) is 2.66. The molecule has 0 aromatic rings. The fraction of sp³-hybridized carbons (Fsp3) is 0.783. The molecule has 5 atom stereocenters. The monoisotopic (exact) mass is 424 g/mol. The molecule has 2 fully saturated rings. The number of fused-ring (bicyclic) bond motifs is 1. The second kappa shape index (κ2) is 9.50. The highest BCUT2D eigenvalue weighted by atomic mass is 16.6. The van der Waals surface area contributed by atoms with Crippen LogP contribution >= 0.6 is 0 Å². The van der Waals surface area contributed by atoms with E-state index >= 15 is 0 Å². The number of carbonyl (C=O) groups excluding carboxylic acids is 2. The lowest BCUT2D eigenvalue weighted by Crippen LogP contribution is -2.51. The number of methoxy groups -OCH3 is 2. The second-order valence-corrected chi connectivity index (χ2v) is 9.65. The number of hydrogen-bond acceptors (Lipinski definition) is 6. The third kappa shape index (κ3) is 4.88. The zero-order chi connectivity index (χ0) is 22.7. The summed E-state index contributed by atoms with van der Waals surface area (Å²) >= 11 is 0. The van der Waals surface area contributed by atoms with Crippen molar-refractivity contribution in [2.45, 2.75) is 65.4 Å². The predicted molar refractivity (Wildman–Crippen MR) is 111 cm³/mol. The van der Waals surface area contributed by atoms with Gasteiger partial charge in [-0.2, -0.15) is 0 Å². The zero-order valence-electron chi connectivity index (χ0n) is 18.9. The van der Waals surface area contributed by atoms with Gasteiger partial charge in [-0.1, -0.05) is 39.3 Å². The second-order valence-electron chi connectivity index (χ2n) is 9.65. The van der Waals surface area contributed by atoms with Crippen LogP contribution in [0.15, 0.2) is 12.2 Å². The van der Waals surface area contributed by atoms with Crippen molar-refractivity contribution >= 4 is 17.9 Å². The Morgan fingerprint density at radius 1 is 1.13 bits per heavy atom. The molecule has 0 aromatic carbocycles. The molecule has 7 heteroatoms. The number of aliphatic carboxylic acids is 1. The zero-order valence-corrected chi connectivity index (χ0v) is 18.9. The average molecular weight is 425 g/mol. The SMILES string of the molecule is C=C1CC[C@H]2C(C)(C)CCC[C@]2(C)[C@H]1CO[C@H](C(=O)OC)[C@H](CC(=O)O)C(=O)OC. The van der Waals surface area contributed by atoms with Crippen molar-refractivity contribution in [2.75, 3.05) is 20.8 Å². The molecule has 0 heterocycles. The Morgan fingerprint density at radius 2 is 1.77 bits per heavy atom. The molecular weight excluding hydrogens is 388 g/mol. The van der Waals surface area contributed by atoms with Crippen molar-refractivity contribution in [3.8, 4) is 0 Å². The van der Waals surface area contributed by atoms with Crippen molar-refractivity contribution in [3.63, 3.8) is 0 Å². The van der Waals surface area contributed by atoms with Crippen LogP contribution in [0.4, 0.5) is 0 Å². The molecule has 0 bridgehead atoms. The molecule has 0 spiro atoms. The minimum absolute atomic E-state index is 0.0195. The molecule has 7 nitrogen and oxygen atoms in total. The number of ether oxygens (including phenoxy) is 3. The Labute approximate surface area is 179 Å². The Morgan fingerprint density at radius 3 is 2.33 bits per heavy atom. The van der Waals surface area contributed by atoms with Crippen molar-refractivity contribution < 1.29 is 33.7 Å². The Kier molecular flexibility index (Phi) is 7.72. The van der Waals surface area contributed by atoms with Crippen molar-refractivity contribution in [1.29, 1.82) is 0 Å². The van der Waals surface area contributed by atoms with Crippen molar-refractivity contribution in [3.05, 3.63) is 12.2 Å². The number of rotatable bonds is 8. The first-order valence-electron chi connectivity index (χ1n) is 10.6. The summed E-state index contributed by atoms with van der Waals surface area (Å²) in [6, 6.07) is 0. The molecule has 0 amide bonds. The molecule has 2 aliphatic rings. The van der Waals surface area contributed by atoms with Crippen molar-refractivity contribution in [2.24, 2.45) is 28.6 Å². The van der Waals surface area contributed by atoms with Crippen LogP contribution in [-0.2, 0) is 28.6 Å². The first kappa shape index (κ1) is 24.4. The minimum atomic E-state index is -1.34. The summed E-state index contributed by atoms with van der Waals surface area (Å²) in [5, 5.41) is 9.21. The minimum Gasteiger partial charge on any atom is -0.481 e. The highest BCUT2D eigenvalue weighted by Crippen LogP contribution is 2.60. The van der Waals surface area contributed by atoms with Crippen LogP contribution in [0.5, 0.6) is 0 Å². The molecule has 2 saturated carbocycles. The molecule has 0 radical (unpaired) electrons. The topological polar surface area (TPSA) is 99.1 Å². The number of carbonyl (C=O) groups is 3. The van der Waals surface area contributed by atoms with E-state index in [0.29, 0.717) is 5.92 Å². The summed E-state index contributed by atoms with van der Waals surface area (Å²) < 4.78 is 15.5. The molecule has 0 unspecified atom stereocenters.